The molecule has 1 saturated carbocycles. The molecule has 0 aliphatic heterocycles. The largest absolute Gasteiger partial charge is 0.305 e. The van der Waals surface area contributed by atoms with Crippen molar-refractivity contribution in [1.82, 2.24) is 9.97 Å². The number of benzene rings is 3. The van der Waals surface area contributed by atoms with Gasteiger partial charge in [0.1, 0.15) is 0 Å². The van der Waals surface area contributed by atoms with Gasteiger partial charge in [-0.25, -0.2) is 0 Å². The van der Waals surface area contributed by atoms with Gasteiger partial charge in [-0.2, -0.15) is 11.3 Å². The van der Waals surface area contributed by atoms with E-state index >= 15 is 0 Å². The first-order chi connectivity index (χ1) is 21.6. The quantitative estimate of drug-likeness (QED) is 0.132. The molecular weight excluding hydrogens is 737 g/mol. The maximum Gasteiger partial charge on any atom is 0.0776 e. The summed E-state index contributed by atoms with van der Waals surface area (Å²) in [6.07, 6.45) is 10.1. The van der Waals surface area contributed by atoms with Crippen molar-refractivity contribution in [3.8, 4) is 22.5 Å². The molecule has 3 aromatic heterocycles. The number of fused-ring (bicyclic) bond motifs is 3. The number of hydrogen-bond acceptors (Lipinski definition) is 3. The van der Waals surface area contributed by atoms with Gasteiger partial charge in [-0.3, -0.25) is 0 Å². The van der Waals surface area contributed by atoms with Crippen LogP contribution in [0.3, 0.4) is 0 Å². The third kappa shape index (κ3) is 7.24. The summed E-state index contributed by atoms with van der Waals surface area (Å²) in [5.74, 6) is 0.700. The summed E-state index contributed by atoms with van der Waals surface area (Å²) in [7, 11) is -1.33. The van der Waals surface area contributed by atoms with Crippen molar-refractivity contribution < 1.29 is 24.2 Å². The molecular formula is C38H38IrN2SSi-2. The van der Waals surface area contributed by atoms with Crippen molar-refractivity contribution >= 4 is 44.8 Å². The van der Waals surface area contributed by atoms with Crippen LogP contribution in [0.25, 0.3) is 42.7 Å². The van der Waals surface area contributed by atoms with Gasteiger partial charge in [-0.15, -0.1) is 59.7 Å². The van der Waals surface area contributed by atoms with Crippen LogP contribution in [-0.4, -0.2) is 18.0 Å². The van der Waals surface area contributed by atoms with Crippen LogP contribution in [0.2, 0.25) is 19.6 Å². The number of hydrogen-bond donors (Lipinski definition) is 0. The molecule has 0 saturated heterocycles. The molecule has 2 nitrogen and oxygen atoms in total. The van der Waals surface area contributed by atoms with Crippen LogP contribution in [0.4, 0.5) is 0 Å². The van der Waals surface area contributed by atoms with Gasteiger partial charge in [-0.1, -0.05) is 85.4 Å². The summed E-state index contributed by atoms with van der Waals surface area (Å²) in [5.41, 5.74) is 5.55. The van der Waals surface area contributed by atoms with Gasteiger partial charge in [0.25, 0.3) is 0 Å². The zero-order valence-corrected chi connectivity index (χ0v) is 29.1. The summed E-state index contributed by atoms with van der Waals surface area (Å²) < 4.78 is 24.4. The van der Waals surface area contributed by atoms with Crippen molar-refractivity contribution in [2.45, 2.75) is 64.5 Å². The van der Waals surface area contributed by atoms with Crippen molar-refractivity contribution in [1.29, 1.82) is 0 Å². The van der Waals surface area contributed by atoms with Crippen LogP contribution >= 0.6 is 11.3 Å². The standard InChI is InChI=1S/C26H28NSSi.C12H10N.Ir/c1-29(2,3)20-12-13-25-23(17-20)21-10-7-11-22(26(21)28-25)24-16-19(14-15-27-24)18-8-5-4-6-9-18;1-10-7-8-12(13-9-10)11-5-3-2-4-6-11;/h7,10,12-18H,4-6,8-9H2,1-3H3;2-5,7-9H,1H3;/q2*-1;/i;1D3;. The molecule has 1 fully saturated rings. The molecule has 6 aromatic rings. The van der Waals surface area contributed by atoms with E-state index in [0.717, 1.165) is 22.5 Å². The topological polar surface area (TPSA) is 25.8 Å². The molecule has 3 aromatic carbocycles. The van der Waals surface area contributed by atoms with E-state index in [4.69, 9.17) is 9.10 Å². The van der Waals surface area contributed by atoms with Crippen LogP contribution in [0.15, 0.2) is 91.3 Å². The molecule has 1 aliphatic carbocycles. The number of aromatic nitrogens is 2. The van der Waals surface area contributed by atoms with Gasteiger partial charge in [0.2, 0.25) is 0 Å². The Morgan fingerprint density at radius 1 is 0.837 bits per heavy atom. The first-order valence-electron chi connectivity index (χ1n) is 16.4. The van der Waals surface area contributed by atoms with E-state index in [1.165, 1.54) is 69.2 Å². The molecule has 1 radical (unpaired) electrons. The minimum absolute atomic E-state index is 0. The fourth-order valence-corrected chi connectivity index (χ4v) is 8.13. The van der Waals surface area contributed by atoms with Crippen molar-refractivity contribution in [2.24, 2.45) is 0 Å². The SMILES string of the molecule is C[Si](C)(C)c1ccc2sc3c(-c4cc(C5CCCCC5)ccn4)[c-]ccc3c2c1.[2H]C([2H])([2H])c1ccc(-c2[c-]cccc2)nc1.[Ir]. The van der Waals surface area contributed by atoms with E-state index in [9.17, 15) is 0 Å². The maximum atomic E-state index is 7.23. The molecule has 221 valence electrons. The zero-order chi connectivity index (χ0) is 31.6. The minimum atomic E-state index is -2.09. The predicted octanol–water partition coefficient (Wildman–Crippen LogP) is 10.4. The van der Waals surface area contributed by atoms with Gasteiger partial charge in [0, 0.05) is 41.3 Å². The number of rotatable bonds is 4. The van der Waals surface area contributed by atoms with Crippen LogP contribution in [0.1, 0.15) is 53.3 Å². The van der Waals surface area contributed by atoms with Crippen LogP contribution in [-0.2, 0) is 20.1 Å². The van der Waals surface area contributed by atoms with E-state index in [0.29, 0.717) is 5.92 Å². The maximum absolute atomic E-state index is 7.23. The molecule has 0 amide bonds. The summed E-state index contributed by atoms with van der Waals surface area (Å²) >= 11 is 1.89. The Hall–Kier alpha value is -2.95. The second-order valence-corrected chi connectivity index (χ2v) is 18.3. The van der Waals surface area contributed by atoms with E-state index in [-0.39, 0.29) is 25.7 Å². The van der Waals surface area contributed by atoms with Crippen molar-refractivity contribution in [2.75, 3.05) is 0 Å². The summed E-state index contributed by atoms with van der Waals surface area (Å²) in [6, 6.07) is 33.3. The molecule has 5 heteroatoms. The Labute approximate surface area is 279 Å². The molecule has 0 spiro atoms. The summed E-state index contributed by atoms with van der Waals surface area (Å²) in [6.45, 7) is 5.17. The van der Waals surface area contributed by atoms with Gasteiger partial charge in [-0.05, 0) is 64.8 Å². The molecule has 0 bridgehead atoms. The Kier molecular flexibility index (Phi) is 8.84. The van der Waals surface area contributed by atoms with E-state index < -0.39 is 14.9 Å². The Balaban J connectivity index is 0.000000209. The average Bonchev–Trinajstić information content (AvgIpc) is 3.44. The fraction of sp³-hybridized carbons (Fsp3) is 0.263. The smallest absolute Gasteiger partial charge is 0.0776 e. The summed E-state index contributed by atoms with van der Waals surface area (Å²) in [4.78, 5) is 8.89. The molecule has 0 N–H and O–H groups in total. The van der Waals surface area contributed by atoms with E-state index in [1.54, 1.807) is 18.2 Å². The van der Waals surface area contributed by atoms with Crippen LogP contribution in [0.5, 0.6) is 0 Å². The van der Waals surface area contributed by atoms with Gasteiger partial charge in [0.05, 0.1) is 8.07 Å². The van der Waals surface area contributed by atoms with Crippen LogP contribution < -0.4 is 5.19 Å². The number of nitrogens with zero attached hydrogens (tertiary/aromatic N) is 2. The summed E-state index contributed by atoms with van der Waals surface area (Å²) in [5, 5.41) is 4.27. The normalized spacial score (nSPS) is 15.1. The van der Waals surface area contributed by atoms with Gasteiger partial charge < -0.3 is 9.97 Å². The number of pyridine rings is 2. The Bertz CT molecular complexity index is 1910. The molecule has 1 aliphatic rings. The Morgan fingerprint density at radius 2 is 1.70 bits per heavy atom. The number of aryl methyl sites for hydroxylation is 1. The number of thiophene rings is 1. The second-order valence-electron chi connectivity index (χ2n) is 12.2. The first-order valence-corrected chi connectivity index (χ1v) is 19.2. The Morgan fingerprint density at radius 3 is 2.42 bits per heavy atom. The zero-order valence-electron chi connectivity index (χ0n) is 27.9. The fourth-order valence-electron chi connectivity index (χ4n) is 5.78. The average molecular weight is 778 g/mol. The van der Waals surface area contributed by atoms with Crippen molar-refractivity contribution in [3.05, 3.63) is 115 Å². The van der Waals surface area contributed by atoms with Crippen LogP contribution in [0, 0.1) is 19.0 Å². The third-order valence-electron chi connectivity index (χ3n) is 8.16. The van der Waals surface area contributed by atoms with E-state index in [2.05, 4.69) is 79.2 Å². The predicted molar refractivity (Wildman–Crippen MR) is 183 cm³/mol. The van der Waals surface area contributed by atoms with Gasteiger partial charge in [0.15, 0.2) is 0 Å². The monoisotopic (exact) mass is 778 g/mol. The molecule has 3 heterocycles. The molecule has 0 atom stereocenters. The molecule has 7 rings (SSSR count). The molecule has 0 unspecified atom stereocenters. The van der Waals surface area contributed by atoms with Gasteiger partial charge >= 0.3 is 0 Å². The minimum Gasteiger partial charge on any atom is -0.305 e. The first kappa shape index (κ1) is 27.6. The second kappa shape index (κ2) is 13.8. The van der Waals surface area contributed by atoms with E-state index in [1.807, 2.05) is 35.7 Å². The van der Waals surface area contributed by atoms with Crippen molar-refractivity contribution in [3.63, 3.8) is 0 Å². The third-order valence-corrected chi connectivity index (χ3v) is 11.4. The molecule has 43 heavy (non-hydrogen) atoms.